The molecule has 0 spiro atoms. The van der Waals surface area contributed by atoms with E-state index in [0.29, 0.717) is 26.1 Å². The monoisotopic (exact) mass is 1200 g/mol. The highest BCUT2D eigenvalue weighted by Crippen LogP contribution is 2.06. The summed E-state index contributed by atoms with van der Waals surface area (Å²) < 4.78 is 10.7. The largest absolute Gasteiger partial charge is 0.466 e. The van der Waals surface area contributed by atoms with E-state index in [4.69, 9.17) is 9.47 Å². The van der Waals surface area contributed by atoms with Gasteiger partial charge in [-0.15, -0.1) is 0 Å². The van der Waals surface area contributed by atoms with Gasteiger partial charge in [0.2, 0.25) is 0 Å². The Kier molecular flexibility index (Phi) is 75.9. The predicted molar refractivity (Wildman–Crippen MR) is 393 cm³/mol. The smallest absolute Gasteiger partial charge is 0.306 e. The number of carbonyl (C=O) groups is 2. The fourth-order valence-corrected chi connectivity index (χ4v) is 7.66. The second-order valence-corrected chi connectivity index (χ2v) is 20.8. The zero-order chi connectivity index (χ0) is 63.7. The predicted octanol–water partition coefficient (Wildman–Crippen LogP) is 25.9. The van der Waals surface area contributed by atoms with Crippen molar-refractivity contribution in [1.29, 1.82) is 0 Å². The van der Waals surface area contributed by atoms with E-state index in [9.17, 15) is 9.59 Å². The Morgan fingerprint density at radius 3 is 0.625 bits per heavy atom. The standard InChI is InChI=1S/C44H64O2.C40H60O2/c1-3-5-7-9-11-13-15-17-19-21-23-25-27-29-31-33-35-37-39-41-43-46-44(45)42-40-38-36-34-32-30-28-26-24-22-20-18-16-14-12-10-8-6-4-2;1-3-5-7-9-11-13-15-17-19-21-23-25-27-29-31-33-35-37-39-42-40(41)38-36-34-32-30-28-26-24-22-20-18-16-14-12-10-8-6-4-2/h5-8,11-14,17-20,23-26,29-32,35-38H,3-4,9-10,15-16,21-22,27-28,33-34,39-43H2,1-2H3;5-8,11-14,17-20,23-26,29-32H,3-4,9-10,15-16,21-22,27-28,33-39H2,1-2H3/b7-5-,8-6-,13-11-,14-12-,19-17-,20-18-,25-23-,26-24-,31-29-,32-30-,37-35-,38-36-;7-5-,8-6-,13-11-,14-12-,19-17-,20-18-,25-23-,26-24-,31-29-,32-30-. The van der Waals surface area contributed by atoms with Crippen molar-refractivity contribution >= 4 is 11.9 Å². The van der Waals surface area contributed by atoms with Gasteiger partial charge in [-0.2, -0.15) is 0 Å². The molecule has 88 heavy (non-hydrogen) atoms. The molecule has 0 aliphatic heterocycles. The second-order valence-electron chi connectivity index (χ2n) is 20.8. The summed E-state index contributed by atoms with van der Waals surface area (Å²) in [7, 11) is 0. The Balaban J connectivity index is 0. The van der Waals surface area contributed by atoms with Crippen LogP contribution in [0.15, 0.2) is 267 Å². The molecule has 0 aliphatic rings. The van der Waals surface area contributed by atoms with Gasteiger partial charge in [-0.05, 0) is 193 Å². The number of allylic oxidation sites excluding steroid dienone is 44. The lowest BCUT2D eigenvalue weighted by Crippen LogP contribution is -2.05. The van der Waals surface area contributed by atoms with Crippen molar-refractivity contribution in [3.63, 3.8) is 0 Å². The molecule has 0 aromatic rings. The van der Waals surface area contributed by atoms with Gasteiger partial charge in [-0.3, -0.25) is 9.59 Å². The third-order valence-corrected chi connectivity index (χ3v) is 12.6. The third-order valence-electron chi connectivity index (χ3n) is 12.6. The highest BCUT2D eigenvalue weighted by Gasteiger charge is 2.02. The van der Waals surface area contributed by atoms with Crippen LogP contribution < -0.4 is 0 Å². The average molecular weight is 1200 g/mol. The lowest BCUT2D eigenvalue weighted by molar-refractivity contribution is -0.144. The van der Waals surface area contributed by atoms with E-state index in [1.807, 2.05) is 0 Å². The van der Waals surface area contributed by atoms with Crippen molar-refractivity contribution in [2.75, 3.05) is 13.2 Å². The molecule has 0 amide bonds. The van der Waals surface area contributed by atoms with Crippen molar-refractivity contribution in [1.82, 2.24) is 0 Å². The molecule has 0 aromatic carbocycles. The van der Waals surface area contributed by atoms with Crippen molar-refractivity contribution in [3.05, 3.63) is 267 Å². The highest BCUT2D eigenvalue weighted by molar-refractivity contribution is 5.69. The first-order chi connectivity index (χ1) is 43.6. The lowest BCUT2D eigenvalue weighted by Gasteiger charge is -2.03. The molecule has 0 rings (SSSR count). The molecule has 0 bridgehead atoms. The van der Waals surface area contributed by atoms with E-state index >= 15 is 0 Å². The molecule has 4 heteroatoms. The van der Waals surface area contributed by atoms with Crippen LogP contribution in [0.4, 0.5) is 0 Å². The fourth-order valence-electron chi connectivity index (χ4n) is 7.66. The molecule has 0 heterocycles. The number of hydrogen-bond acceptors (Lipinski definition) is 4. The van der Waals surface area contributed by atoms with Gasteiger partial charge >= 0.3 is 11.9 Å². The van der Waals surface area contributed by atoms with Crippen LogP contribution in [0.2, 0.25) is 0 Å². The molecule has 0 aromatic heterocycles. The minimum absolute atomic E-state index is 0.0720. The maximum Gasteiger partial charge on any atom is 0.306 e. The van der Waals surface area contributed by atoms with E-state index < -0.39 is 0 Å². The quantitative estimate of drug-likeness (QED) is 0.0346. The van der Waals surface area contributed by atoms with Gasteiger partial charge in [0.1, 0.15) is 0 Å². The van der Waals surface area contributed by atoms with E-state index in [-0.39, 0.29) is 11.9 Å². The summed E-state index contributed by atoms with van der Waals surface area (Å²) in [4.78, 5) is 23.8. The molecule has 0 N–H and O–H groups in total. The molecule has 0 unspecified atom stereocenters. The van der Waals surface area contributed by atoms with Crippen molar-refractivity contribution in [2.24, 2.45) is 0 Å². The third kappa shape index (κ3) is 81.3. The average Bonchev–Trinajstić information content (AvgIpc) is 3.53. The fraction of sp³-hybridized carbons (Fsp3) is 0.452. The number of esters is 2. The summed E-state index contributed by atoms with van der Waals surface area (Å²) in [6.07, 6.45) is 127. The molecule has 0 radical (unpaired) electrons. The minimum Gasteiger partial charge on any atom is -0.466 e. The van der Waals surface area contributed by atoms with Crippen LogP contribution in [0, 0.1) is 0 Å². The van der Waals surface area contributed by atoms with Crippen molar-refractivity contribution in [3.8, 4) is 0 Å². The van der Waals surface area contributed by atoms with Gasteiger partial charge < -0.3 is 9.47 Å². The SMILES string of the molecule is CC/C=C\C/C=C\C/C=C\C/C=C\C/C=C\C/C=C\CCCOC(=O)CC/C=C\C/C=C\C/C=C\C/C=C\C/C=C\C/C=C\CC.CC/C=C\C/C=C\C/C=C\C/C=C\C/C=C\CCCCOC(=O)CCC/C=C\C/C=C\C/C=C\C/C=C\C/C=C\CC. The van der Waals surface area contributed by atoms with Gasteiger partial charge in [0.25, 0.3) is 0 Å². The van der Waals surface area contributed by atoms with Crippen LogP contribution >= 0.6 is 0 Å². The Hall–Kier alpha value is -6.78. The molecular formula is C84H124O4. The molecule has 4 nitrogen and oxygen atoms in total. The van der Waals surface area contributed by atoms with E-state index in [0.717, 1.165) is 193 Å². The van der Waals surface area contributed by atoms with Gasteiger partial charge in [-0.1, -0.05) is 295 Å². The van der Waals surface area contributed by atoms with E-state index in [1.165, 1.54) is 0 Å². The second kappa shape index (κ2) is 80.2. The number of rotatable bonds is 56. The number of carbonyl (C=O) groups excluding carboxylic acids is 2. The van der Waals surface area contributed by atoms with E-state index in [1.54, 1.807) is 0 Å². The first kappa shape index (κ1) is 83.3. The van der Waals surface area contributed by atoms with Crippen molar-refractivity contribution in [2.45, 2.75) is 233 Å². The van der Waals surface area contributed by atoms with Crippen LogP contribution in [0.5, 0.6) is 0 Å². The Labute approximate surface area is 541 Å². The highest BCUT2D eigenvalue weighted by atomic mass is 16.5. The lowest BCUT2D eigenvalue weighted by atomic mass is 10.2. The van der Waals surface area contributed by atoms with Crippen LogP contribution in [-0.2, 0) is 19.1 Å². The number of hydrogen-bond donors (Lipinski definition) is 0. The summed E-state index contributed by atoms with van der Waals surface area (Å²) in [5, 5.41) is 0. The summed E-state index contributed by atoms with van der Waals surface area (Å²) in [5.74, 6) is -0.181. The van der Waals surface area contributed by atoms with Crippen LogP contribution in [0.3, 0.4) is 0 Å². The van der Waals surface area contributed by atoms with Crippen LogP contribution in [0.25, 0.3) is 0 Å². The zero-order valence-corrected chi connectivity index (χ0v) is 56.1. The normalized spacial score (nSPS) is 13.4. The molecule has 0 atom stereocenters. The molecular weight excluding hydrogens is 1070 g/mol. The van der Waals surface area contributed by atoms with Gasteiger partial charge in [0.05, 0.1) is 13.2 Å². The maximum absolute atomic E-state index is 11.9. The maximum atomic E-state index is 11.9. The van der Waals surface area contributed by atoms with Crippen LogP contribution in [-0.4, -0.2) is 25.2 Å². The Bertz CT molecular complexity index is 2240. The summed E-state index contributed by atoms with van der Waals surface area (Å²) in [6, 6.07) is 0. The summed E-state index contributed by atoms with van der Waals surface area (Å²) in [6.45, 7) is 9.66. The topological polar surface area (TPSA) is 52.6 Å². The van der Waals surface area contributed by atoms with Crippen molar-refractivity contribution < 1.29 is 19.1 Å². The van der Waals surface area contributed by atoms with Gasteiger partial charge in [-0.25, -0.2) is 0 Å². The number of unbranched alkanes of at least 4 members (excludes halogenated alkanes) is 4. The number of ether oxygens (including phenoxy) is 2. The molecule has 0 saturated carbocycles. The van der Waals surface area contributed by atoms with Gasteiger partial charge in [0.15, 0.2) is 0 Å². The molecule has 0 aliphatic carbocycles. The molecule has 0 saturated heterocycles. The Morgan fingerprint density at radius 2 is 0.375 bits per heavy atom. The summed E-state index contributed by atoms with van der Waals surface area (Å²) in [5.41, 5.74) is 0. The summed E-state index contributed by atoms with van der Waals surface area (Å²) >= 11 is 0. The van der Waals surface area contributed by atoms with Gasteiger partial charge in [0, 0.05) is 12.8 Å². The Morgan fingerprint density at radius 1 is 0.193 bits per heavy atom. The first-order valence-corrected chi connectivity index (χ1v) is 34.2. The minimum atomic E-state index is -0.109. The van der Waals surface area contributed by atoms with Crippen LogP contribution in [0.1, 0.15) is 233 Å². The molecule has 0 fully saturated rings. The van der Waals surface area contributed by atoms with E-state index in [2.05, 4.69) is 295 Å². The zero-order valence-electron chi connectivity index (χ0n) is 56.1. The molecule has 484 valence electrons. The first-order valence-electron chi connectivity index (χ1n) is 34.2.